The van der Waals surface area contributed by atoms with Gasteiger partial charge in [-0.15, -0.1) is 0 Å². The molecule has 1 aliphatic carbocycles. The Kier molecular flexibility index (Phi) is 5.12. The van der Waals surface area contributed by atoms with Crippen LogP contribution in [0.2, 0.25) is 0 Å². The molecule has 0 bridgehead atoms. The second-order valence-electron chi connectivity index (χ2n) is 7.03. The van der Waals surface area contributed by atoms with Crippen LogP contribution in [0.4, 0.5) is 10.1 Å². The molecule has 1 heterocycles. The number of halogens is 1. The van der Waals surface area contributed by atoms with Crippen molar-refractivity contribution in [1.29, 1.82) is 0 Å². The maximum atomic E-state index is 13.2. The zero-order valence-electron chi connectivity index (χ0n) is 16.0. The summed E-state index contributed by atoms with van der Waals surface area (Å²) in [5, 5.41) is 10.1. The van der Waals surface area contributed by atoms with Crippen LogP contribution in [0.15, 0.2) is 54.7 Å². The molecule has 0 saturated heterocycles. The van der Waals surface area contributed by atoms with Crippen LogP contribution >= 0.6 is 0 Å². The Bertz CT molecular complexity index is 1050. The van der Waals surface area contributed by atoms with Gasteiger partial charge in [0, 0.05) is 17.3 Å². The summed E-state index contributed by atoms with van der Waals surface area (Å²) in [6, 6.07) is 13.1. The van der Waals surface area contributed by atoms with Crippen molar-refractivity contribution in [3.8, 4) is 5.69 Å². The molecule has 148 valence electrons. The van der Waals surface area contributed by atoms with E-state index in [1.165, 1.54) is 18.3 Å². The predicted octanol–water partition coefficient (Wildman–Crippen LogP) is 3.72. The van der Waals surface area contributed by atoms with E-state index in [1.54, 1.807) is 41.1 Å². The third-order valence-corrected chi connectivity index (χ3v) is 4.81. The third kappa shape index (κ3) is 4.18. The van der Waals surface area contributed by atoms with E-state index < -0.39 is 0 Å². The van der Waals surface area contributed by atoms with E-state index in [4.69, 9.17) is 0 Å². The number of carbonyl (C=O) groups excluding carboxylic acids is 2. The monoisotopic (exact) mass is 392 g/mol. The maximum Gasteiger partial charge on any atom is 0.259 e. The lowest BCUT2D eigenvalue weighted by Crippen LogP contribution is -2.25. The lowest BCUT2D eigenvalue weighted by atomic mass is 10.1. The van der Waals surface area contributed by atoms with Gasteiger partial charge in [0.2, 0.25) is 0 Å². The van der Waals surface area contributed by atoms with Crippen LogP contribution in [0.25, 0.3) is 5.69 Å². The van der Waals surface area contributed by atoms with E-state index in [-0.39, 0.29) is 23.7 Å². The van der Waals surface area contributed by atoms with E-state index in [9.17, 15) is 14.0 Å². The largest absolute Gasteiger partial charge is 0.349 e. The summed E-state index contributed by atoms with van der Waals surface area (Å²) in [5.41, 5.74) is 2.88. The normalized spacial score (nSPS) is 13.2. The molecular weight excluding hydrogens is 371 g/mol. The molecule has 0 aliphatic heterocycles. The number of nitrogens with one attached hydrogen (secondary N) is 2. The van der Waals surface area contributed by atoms with E-state index in [2.05, 4.69) is 15.7 Å². The summed E-state index contributed by atoms with van der Waals surface area (Å²) in [4.78, 5) is 25.1. The van der Waals surface area contributed by atoms with Gasteiger partial charge in [-0.25, -0.2) is 9.07 Å². The number of hydrogen-bond donors (Lipinski definition) is 2. The SMILES string of the molecule is CCc1c(C(=O)Nc2cccc(C(=O)NC3CC3)c2)cnn1-c1ccc(F)cc1. The van der Waals surface area contributed by atoms with Crippen LogP contribution in [0.1, 0.15) is 46.2 Å². The number of nitrogens with zero attached hydrogens (tertiary/aromatic N) is 2. The van der Waals surface area contributed by atoms with Gasteiger partial charge in [-0.05, 0) is 61.7 Å². The van der Waals surface area contributed by atoms with E-state index in [1.807, 2.05) is 6.92 Å². The molecule has 2 N–H and O–H groups in total. The highest BCUT2D eigenvalue weighted by atomic mass is 19.1. The van der Waals surface area contributed by atoms with Gasteiger partial charge in [0.1, 0.15) is 5.82 Å². The van der Waals surface area contributed by atoms with Gasteiger partial charge in [-0.1, -0.05) is 13.0 Å². The third-order valence-electron chi connectivity index (χ3n) is 4.81. The zero-order valence-corrected chi connectivity index (χ0v) is 16.0. The molecule has 0 unspecified atom stereocenters. The van der Waals surface area contributed by atoms with Crippen LogP contribution in [-0.2, 0) is 6.42 Å². The van der Waals surface area contributed by atoms with Crippen LogP contribution in [0.3, 0.4) is 0 Å². The predicted molar refractivity (Wildman–Crippen MR) is 108 cm³/mol. The fourth-order valence-electron chi connectivity index (χ4n) is 3.14. The van der Waals surface area contributed by atoms with Crippen LogP contribution < -0.4 is 10.6 Å². The quantitative estimate of drug-likeness (QED) is 0.671. The Labute approximate surface area is 167 Å². The molecule has 1 fully saturated rings. The number of amides is 2. The van der Waals surface area contributed by atoms with E-state index >= 15 is 0 Å². The van der Waals surface area contributed by atoms with Crippen molar-refractivity contribution in [3.63, 3.8) is 0 Å². The first-order valence-corrected chi connectivity index (χ1v) is 9.60. The molecule has 6 nitrogen and oxygen atoms in total. The minimum atomic E-state index is -0.331. The molecule has 3 aromatic rings. The average molecular weight is 392 g/mol. The minimum Gasteiger partial charge on any atom is -0.349 e. The first kappa shape index (κ1) is 18.9. The fraction of sp³-hybridized carbons (Fsp3) is 0.227. The highest BCUT2D eigenvalue weighted by molar-refractivity contribution is 6.05. The van der Waals surface area contributed by atoms with Gasteiger partial charge in [0.25, 0.3) is 11.8 Å². The van der Waals surface area contributed by atoms with Crippen molar-refractivity contribution in [2.75, 3.05) is 5.32 Å². The lowest BCUT2D eigenvalue weighted by Gasteiger charge is -2.10. The topological polar surface area (TPSA) is 76.0 Å². The second kappa shape index (κ2) is 7.87. The van der Waals surface area contributed by atoms with E-state index in [0.717, 1.165) is 18.5 Å². The average Bonchev–Trinajstić information content (AvgIpc) is 3.43. The van der Waals surface area contributed by atoms with E-state index in [0.29, 0.717) is 28.9 Å². The number of hydrogen-bond acceptors (Lipinski definition) is 3. The molecule has 7 heteroatoms. The maximum absolute atomic E-state index is 13.2. The van der Waals surface area contributed by atoms with Gasteiger partial charge >= 0.3 is 0 Å². The zero-order chi connectivity index (χ0) is 20.4. The summed E-state index contributed by atoms with van der Waals surface area (Å²) < 4.78 is 14.8. The van der Waals surface area contributed by atoms with Gasteiger partial charge in [0.15, 0.2) is 0 Å². The molecule has 1 saturated carbocycles. The summed E-state index contributed by atoms with van der Waals surface area (Å²) in [5.74, 6) is -0.778. The Balaban J connectivity index is 1.54. The Morgan fingerprint density at radius 3 is 2.59 bits per heavy atom. The Morgan fingerprint density at radius 1 is 1.14 bits per heavy atom. The molecule has 0 radical (unpaired) electrons. The van der Waals surface area contributed by atoms with Gasteiger partial charge in [-0.3, -0.25) is 9.59 Å². The molecule has 1 aliphatic rings. The van der Waals surface area contributed by atoms with Crippen molar-refractivity contribution in [1.82, 2.24) is 15.1 Å². The standard InChI is InChI=1S/C22H21FN4O2/c1-2-20-19(13-24-27(20)18-10-6-15(23)7-11-18)22(29)26-17-5-3-4-14(12-17)21(28)25-16-8-9-16/h3-7,10-13,16H,2,8-9H2,1H3,(H,25,28)(H,26,29). The number of aromatic nitrogens is 2. The summed E-state index contributed by atoms with van der Waals surface area (Å²) in [7, 11) is 0. The van der Waals surface area contributed by atoms with Crippen molar-refractivity contribution in [3.05, 3.63) is 77.4 Å². The summed E-state index contributed by atoms with van der Waals surface area (Å²) >= 11 is 0. The van der Waals surface area contributed by atoms with Crippen LogP contribution in [-0.4, -0.2) is 27.6 Å². The molecule has 4 rings (SSSR count). The summed E-state index contributed by atoms with van der Waals surface area (Å²) in [6.45, 7) is 1.93. The Hall–Kier alpha value is -3.48. The number of anilines is 1. The molecule has 2 amide bonds. The number of rotatable bonds is 6. The van der Waals surface area contributed by atoms with Gasteiger partial charge in [-0.2, -0.15) is 5.10 Å². The van der Waals surface area contributed by atoms with Crippen molar-refractivity contribution < 1.29 is 14.0 Å². The minimum absolute atomic E-state index is 0.137. The van der Waals surface area contributed by atoms with Crippen LogP contribution in [0, 0.1) is 5.82 Å². The smallest absolute Gasteiger partial charge is 0.259 e. The van der Waals surface area contributed by atoms with Gasteiger partial charge in [0.05, 0.1) is 23.1 Å². The first-order chi connectivity index (χ1) is 14.0. The van der Waals surface area contributed by atoms with Gasteiger partial charge < -0.3 is 10.6 Å². The first-order valence-electron chi connectivity index (χ1n) is 9.60. The molecular formula is C22H21FN4O2. The fourth-order valence-corrected chi connectivity index (χ4v) is 3.14. The molecule has 0 spiro atoms. The molecule has 0 atom stereocenters. The van der Waals surface area contributed by atoms with Crippen LogP contribution in [0.5, 0.6) is 0 Å². The number of carbonyl (C=O) groups is 2. The van der Waals surface area contributed by atoms with Crippen molar-refractivity contribution >= 4 is 17.5 Å². The lowest BCUT2D eigenvalue weighted by molar-refractivity contribution is 0.0949. The van der Waals surface area contributed by atoms with Crippen molar-refractivity contribution in [2.45, 2.75) is 32.2 Å². The van der Waals surface area contributed by atoms with Crippen molar-refractivity contribution in [2.24, 2.45) is 0 Å². The number of benzene rings is 2. The summed E-state index contributed by atoms with van der Waals surface area (Å²) in [6.07, 6.45) is 4.10. The second-order valence-corrected chi connectivity index (χ2v) is 7.03. The Morgan fingerprint density at radius 2 is 1.90 bits per heavy atom. The highest BCUT2D eigenvalue weighted by Gasteiger charge is 2.24. The molecule has 29 heavy (non-hydrogen) atoms. The highest BCUT2D eigenvalue weighted by Crippen LogP contribution is 2.21. The molecule has 1 aromatic heterocycles. The molecule has 2 aromatic carbocycles.